The van der Waals surface area contributed by atoms with E-state index in [0.717, 1.165) is 77.5 Å². The topological polar surface area (TPSA) is 192 Å². The number of methoxy groups -OCH3 is 7. The number of thioether (sulfide) groups is 1. The predicted molar refractivity (Wildman–Crippen MR) is 243 cm³/mol. The van der Waals surface area contributed by atoms with Gasteiger partial charge in [0.2, 0.25) is 0 Å². The lowest BCUT2D eigenvalue weighted by atomic mass is 10.3. The van der Waals surface area contributed by atoms with E-state index >= 15 is 0 Å². The Hall–Kier alpha value is -2.54. The molecule has 362 valence electrons. The molecule has 3 unspecified atom stereocenters. The Labute approximate surface area is 370 Å². The molecule has 0 aliphatic heterocycles. The molecule has 0 bridgehead atoms. The maximum absolute atomic E-state index is 10.6. The minimum atomic E-state index is -0.926. The van der Waals surface area contributed by atoms with Crippen LogP contribution in [0, 0.1) is 0 Å². The molecule has 0 radical (unpaired) electrons. The van der Waals surface area contributed by atoms with Crippen molar-refractivity contribution in [2.24, 2.45) is 0 Å². The molecule has 0 spiro atoms. The summed E-state index contributed by atoms with van der Waals surface area (Å²) in [5.41, 5.74) is -0.759. The number of carbonyl (C=O) groups is 5. The molecule has 0 rings (SSSR count). The van der Waals surface area contributed by atoms with Gasteiger partial charge in [-0.05, 0) is 86.1 Å². The number of nitrogens with one attached hydrogen (secondary N) is 2. The van der Waals surface area contributed by atoms with Gasteiger partial charge in [-0.25, -0.2) is 0 Å². The normalized spacial score (nSPS) is 10.9. The van der Waals surface area contributed by atoms with Crippen LogP contribution in [0.3, 0.4) is 0 Å². The number of hydrogen-bond donors (Lipinski definition) is 2. The average molecular weight is 886 g/mol. The molecule has 0 fully saturated rings. The fraction of sp³-hybridized carbons (Fsp3) is 0.881. The fourth-order valence-corrected chi connectivity index (χ4v) is 2.59. The summed E-state index contributed by atoms with van der Waals surface area (Å²) in [6.07, 6.45) is 5.80. The number of esters is 5. The molecule has 0 aliphatic carbocycles. The van der Waals surface area contributed by atoms with Crippen molar-refractivity contribution in [3.8, 4) is 0 Å². The maximum Gasteiger partial charge on any atom is 0.319 e. The highest BCUT2D eigenvalue weighted by Crippen LogP contribution is 2.01. The number of hydrogen-bond acceptors (Lipinski definition) is 17. The van der Waals surface area contributed by atoms with Gasteiger partial charge >= 0.3 is 29.8 Å². The van der Waals surface area contributed by atoms with Crippen molar-refractivity contribution in [2.45, 2.75) is 121 Å². The average Bonchev–Trinajstić information content (AvgIpc) is 3.30. The van der Waals surface area contributed by atoms with Gasteiger partial charge in [0.1, 0.15) is 0 Å². The molecule has 0 heterocycles. The third kappa shape index (κ3) is 133. The van der Waals surface area contributed by atoms with Crippen LogP contribution in [0.2, 0.25) is 0 Å². The molecule has 0 aromatic heterocycles. The Morgan fingerprint density at radius 1 is 0.458 bits per heavy atom. The minimum absolute atomic E-state index is 0.123. The summed E-state index contributed by atoms with van der Waals surface area (Å²) in [4.78, 5) is 51.9. The Kier molecular flexibility index (Phi) is 101. The molecule has 16 nitrogen and oxygen atoms in total. The molecule has 0 saturated heterocycles. The standard InChI is InChI=1S/C7H15NO2.C6H13NO2.C6H12O2S.C5H10O2.C4H8O2.2C4H10O.2C3H8O/c1-3-4-5-8-6-7(9)10-2;1-3-4-7-5-6(8)9-2;1-3-4-9-5-6(7)8-2;1-3-4-5(6)7-2;1-3-4(5)6-2;2*1-3-5-4-2;2*1-3-4-2/h8H,3-6H2,1-2H3;7H,3-5H2,1-2H3;3-5H2,1-2H3;3-4H2,1-2H3;3H2,1-2H3;2*3-4H2,1-2H3;2*3H2,1-2H3/i6D;2*5D;;;;;;. The molecule has 0 aliphatic rings. The van der Waals surface area contributed by atoms with Crippen molar-refractivity contribution < 1.29 is 70.7 Å². The van der Waals surface area contributed by atoms with Crippen LogP contribution in [-0.2, 0) is 66.6 Å². The molecule has 3 atom stereocenters. The SMILES string of the molecule is CCC(=O)OC.CCCC(=O)OC.CCOC.CCOC.CCOCC.CCOCC.[2H]C(NCCC)C(=O)OC.[2H]C(NCCCC)C(=O)OC.[2H]C(SCCC)C(=O)OC. The first kappa shape index (κ1) is 68.2. The van der Waals surface area contributed by atoms with E-state index in [-0.39, 0.29) is 11.9 Å². The summed E-state index contributed by atoms with van der Waals surface area (Å²) >= 11 is 1.30. The summed E-state index contributed by atoms with van der Waals surface area (Å²) in [7, 11) is 10.0. The van der Waals surface area contributed by atoms with Gasteiger partial charge in [0.05, 0.1) is 58.4 Å². The zero-order valence-electron chi connectivity index (χ0n) is 43.7. The second kappa shape index (κ2) is 87.1. The van der Waals surface area contributed by atoms with E-state index in [1.807, 2.05) is 62.3 Å². The van der Waals surface area contributed by atoms with Crippen molar-refractivity contribution in [1.29, 1.82) is 0 Å². The van der Waals surface area contributed by atoms with Crippen LogP contribution < -0.4 is 10.6 Å². The van der Waals surface area contributed by atoms with E-state index in [0.29, 0.717) is 25.9 Å². The van der Waals surface area contributed by atoms with Crippen molar-refractivity contribution in [2.75, 3.05) is 127 Å². The first-order chi connectivity index (χ1) is 29.4. The lowest BCUT2D eigenvalue weighted by Crippen LogP contribution is -2.24. The number of unbranched alkanes of at least 4 members (excludes halogenated alkanes) is 1. The van der Waals surface area contributed by atoms with Crippen LogP contribution in [0.15, 0.2) is 0 Å². The van der Waals surface area contributed by atoms with E-state index in [9.17, 15) is 24.0 Å². The molecule has 59 heavy (non-hydrogen) atoms. The Bertz CT molecular complexity index is 825. The van der Waals surface area contributed by atoms with Crippen LogP contribution in [-0.4, -0.2) is 157 Å². The van der Waals surface area contributed by atoms with Crippen LogP contribution in [0.1, 0.15) is 125 Å². The van der Waals surface area contributed by atoms with Crippen LogP contribution in [0.25, 0.3) is 0 Å². The number of carbonyl (C=O) groups excluding carboxylic acids is 5. The highest BCUT2D eigenvalue weighted by atomic mass is 32.2. The van der Waals surface area contributed by atoms with Gasteiger partial charge in [-0.15, -0.1) is 0 Å². The molecule has 0 saturated carbocycles. The quantitative estimate of drug-likeness (QED) is 0.0645. The van der Waals surface area contributed by atoms with Gasteiger partial charge in [0.15, 0.2) is 0 Å². The largest absolute Gasteiger partial charge is 0.469 e. The van der Waals surface area contributed by atoms with Crippen molar-refractivity contribution in [1.82, 2.24) is 10.6 Å². The second-order valence-corrected chi connectivity index (χ2v) is 11.1. The summed E-state index contributed by atoms with van der Waals surface area (Å²) in [6, 6.07) is 0. The van der Waals surface area contributed by atoms with Gasteiger partial charge in [-0.1, -0.05) is 41.0 Å². The summed E-state index contributed by atoms with van der Waals surface area (Å²) in [5, 5.41) is 5.40. The lowest BCUT2D eigenvalue weighted by molar-refractivity contribution is -0.141. The third-order valence-corrected chi connectivity index (χ3v) is 6.21. The molecule has 0 aromatic carbocycles. The Morgan fingerprint density at radius 2 is 0.831 bits per heavy atom. The summed E-state index contributed by atoms with van der Waals surface area (Å²) in [5.74, 6) is -0.964. The van der Waals surface area contributed by atoms with Crippen molar-refractivity contribution in [3.63, 3.8) is 0 Å². The first-order valence-corrected chi connectivity index (χ1v) is 21.3. The molecule has 17 heteroatoms. The van der Waals surface area contributed by atoms with Gasteiger partial charge < -0.3 is 53.3 Å². The van der Waals surface area contributed by atoms with E-state index < -0.39 is 36.7 Å². The number of ether oxygens (including phenoxy) is 9. The first-order valence-electron chi connectivity index (χ1n) is 22.0. The van der Waals surface area contributed by atoms with Crippen LogP contribution in [0.4, 0.5) is 0 Å². The van der Waals surface area contributed by atoms with Gasteiger partial charge in [-0.2, -0.15) is 11.8 Å². The highest BCUT2D eigenvalue weighted by Gasteiger charge is 1.98. The van der Waals surface area contributed by atoms with Gasteiger partial charge in [-0.3, -0.25) is 24.0 Å². The Balaban J connectivity index is -0.0000000745. The third-order valence-electron chi connectivity index (χ3n) is 5.21. The minimum Gasteiger partial charge on any atom is -0.469 e. The van der Waals surface area contributed by atoms with Crippen LogP contribution in [0.5, 0.6) is 0 Å². The summed E-state index contributed by atoms with van der Waals surface area (Å²) < 4.78 is 61.8. The zero-order valence-corrected chi connectivity index (χ0v) is 41.5. The van der Waals surface area contributed by atoms with E-state index in [1.54, 1.807) is 21.1 Å². The van der Waals surface area contributed by atoms with Gasteiger partial charge in [0, 0.05) is 66.7 Å². The number of rotatable bonds is 22. The molecular weight excluding hydrogens is 789 g/mol. The van der Waals surface area contributed by atoms with Crippen molar-refractivity contribution >= 4 is 41.6 Å². The smallest absolute Gasteiger partial charge is 0.319 e. The van der Waals surface area contributed by atoms with E-state index in [1.165, 1.54) is 47.3 Å². The van der Waals surface area contributed by atoms with Crippen LogP contribution >= 0.6 is 11.8 Å². The highest BCUT2D eigenvalue weighted by molar-refractivity contribution is 7.99. The van der Waals surface area contributed by atoms with E-state index in [2.05, 4.69) is 50.7 Å². The second-order valence-electron chi connectivity index (χ2n) is 10.1. The van der Waals surface area contributed by atoms with Gasteiger partial charge in [0.25, 0.3) is 0 Å². The lowest BCUT2D eigenvalue weighted by Gasteiger charge is -2.00. The molecule has 2 N–H and O–H groups in total. The predicted octanol–water partition coefficient (Wildman–Crippen LogP) is 6.93. The fourth-order valence-electron chi connectivity index (χ4n) is 2.00. The summed E-state index contributed by atoms with van der Waals surface area (Å²) in [6.45, 7) is 26.1. The molecule has 0 amide bonds. The zero-order chi connectivity index (χ0) is 50.4. The van der Waals surface area contributed by atoms with Crippen molar-refractivity contribution in [3.05, 3.63) is 0 Å². The molecule has 0 aromatic rings. The Morgan fingerprint density at radius 3 is 1.03 bits per heavy atom. The van der Waals surface area contributed by atoms with E-state index in [4.69, 9.17) is 13.6 Å². The molecular formula is C42H94N2O14S. The monoisotopic (exact) mass is 886 g/mol. The maximum atomic E-state index is 10.6.